The number of amides is 2. The predicted octanol–water partition coefficient (Wildman–Crippen LogP) is 2.05. The van der Waals surface area contributed by atoms with E-state index in [1.165, 1.54) is 18.5 Å². The number of aromatic nitrogens is 5. The smallest absolute Gasteiger partial charge is 0.228 e. The Morgan fingerprint density at radius 2 is 1.67 bits per heavy atom. The van der Waals surface area contributed by atoms with Gasteiger partial charge in [0.15, 0.2) is 17.0 Å². The molecule has 2 amide bonds. The molecule has 11 heteroatoms. The molecular weight excluding hydrogens is 463 g/mol. The molecule has 1 atom stereocenters. The second-order valence-electron chi connectivity index (χ2n) is 8.90. The Kier molecular flexibility index (Phi) is 5.51. The average molecular weight is 487 g/mol. The molecule has 2 saturated heterocycles. The molecule has 2 fully saturated rings. The van der Waals surface area contributed by atoms with E-state index in [2.05, 4.69) is 25.2 Å². The van der Waals surface area contributed by atoms with Crippen LogP contribution in [-0.4, -0.2) is 74.4 Å². The number of hydrogen-bond acceptors (Lipinski definition) is 7. The minimum absolute atomic E-state index is 0.0320. The Labute approximate surface area is 206 Å². The molecule has 10 nitrogen and oxygen atoms in total. The zero-order valence-corrected chi connectivity index (χ0v) is 19.4. The Bertz CT molecular complexity index is 1420. The number of hydrogen-bond donors (Lipinski definition) is 0. The van der Waals surface area contributed by atoms with Crippen LogP contribution in [0.15, 0.2) is 60.9 Å². The molecule has 4 heterocycles. The van der Waals surface area contributed by atoms with Crippen LogP contribution in [0.1, 0.15) is 6.42 Å². The fraction of sp³-hybridized carbons (Fsp3) is 0.280. The highest BCUT2D eigenvalue weighted by molar-refractivity contribution is 6.00. The SMILES string of the molecule is O=C([C@@H]1CC(=O)N(c2ccc(F)cc2)C1)N1CCN(c2ncnc3c2nnn3-c2ccccc2)CC1. The number of benzene rings is 2. The van der Waals surface area contributed by atoms with Gasteiger partial charge in [-0.15, -0.1) is 5.10 Å². The summed E-state index contributed by atoms with van der Waals surface area (Å²) >= 11 is 0. The molecular formula is C25H23FN8O2. The van der Waals surface area contributed by atoms with Gasteiger partial charge >= 0.3 is 0 Å². The molecule has 0 spiro atoms. The van der Waals surface area contributed by atoms with Gasteiger partial charge in [-0.1, -0.05) is 23.4 Å². The maximum atomic E-state index is 13.3. The standard InChI is InChI=1S/C25H23FN8O2/c26-18-6-8-19(9-7-18)33-15-17(14-21(33)35)25(36)32-12-10-31(11-13-32)23-22-24(28-16-27-23)34(30-29-22)20-4-2-1-3-5-20/h1-9,16-17H,10-15H2/t17-/m1/s1. The van der Waals surface area contributed by atoms with Gasteiger partial charge in [0, 0.05) is 44.8 Å². The lowest BCUT2D eigenvalue weighted by Gasteiger charge is -2.36. The monoisotopic (exact) mass is 486 g/mol. The number of piperazine rings is 1. The fourth-order valence-electron chi connectivity index (χ4n) is 4.85. The van der Waals surface area contributed by atoms with E-state index in [0.717, 1.165) is 5.69 Å². The highest BCUT2D eigenvalue weighted by atomic mass is 19.1. The van der Waals surface area contributed by atoms with Crippen LogP contribution in [0.4, 0.5) is 15.9 Å². The molecule has 6 rings (SSSR count). The van der Waals surface area contributed by atoms with Crippen LogP contribution in [0, 0.1) is 11.7 Å². The molecule has 0 unspecified atom stereocenters. The van der Waals surface area contributed by atoms with Crippen molar-refractivity contribution in [2.45, 2.75) is 6.42 Å². The summed E-state index contributed by atoms with van der Waals surface area (Å²) in [5, 5.41) is 8.61. The van der Waals surface area contributed by atoms with Crippen LogP contribution < -0.4 is 9.80 Å². The van der Waals surface area contributed by atoms with Gasteiger partial charge in [0.05, 0.1) is 11.6 Å². The van der Waals surface area contributed by atoms with E-state index >= 15 is 0 Å². The second-order valence-corrected chi connectivity index (χ2v) is 8.90. The molecule has 2 aromatic heterocycles. The number of anilines is 2. The minimum atomic E-state index is -0.411. The average Bonchev–Trinajstić information content (AvgIpc) is 3.53. The molecule has 2 aromatic carbocycles. The number of carbonyl (C=O) groups excluding carboxylic acids is 2. The predicted molar refractivity (Wildman–Crippen MR) is 130 cm³/mol. The highest BCUT2D eigenvalue weighted by Gasteiger charge is 2.38. The summed E-state index contributed by atoms with van der Waals surface area (Å²) in [4.78, 5) is 40.1. The van der Waals surface area contributed by atoms with Gasteiger partial charge in [-0.3, -0.25) is 9.59 Å². The topological polar surface area (TPSA) is 100 Å². The Morgan fingerprint density at radius 1 is 0.917 bits per heavy atom. The maximum absolute atomic E-state index is 13.3. The molecule has 0 bridgehead atoms. The van der Waals surface area contributed by atoms with E-state index in [4.69, 9.17) is 0 Å². The van der Waals surface area contributed by atoms with Crippen molar-refractivity contribution in [2.24, 2.45) is 5.92 Å². The van der Waals surface area contributed by atoms with E-state index in [1.54, 1.807) is 21.7 Å². The van der Waals surface area contributed by atoms with Crippen molar-refractivity contribution in [3.63, 3.8) is 0 Å². The van der Waals surface area contributed by atoms with Crippen molar-refractivity contribution in [1.82, 2.24) is 29.9 Å². The lowest BCUT2D eigenvalue weighted by atomic mass is 10.1. The van der Waals surface area contributed by atoms with Gasteiger partial charge in [-0.2, -0.15) is 4.68 Å². The third-order valence-electron chi connectivity index (χ3n) is 6.72. The van der Waals surface area contributed by atoms with Crippen molar-refractivity contribution >= 4 is 34.5 Å². The van der Waals surface area contributed by atoms with Crippen molar-refractivity contribution in [1.29, 1.82) is 0 Å². The van der Waals surface area contributed by atoms with Gasteiger partial charge in [0.25, 0.3) is 0 Å². The van der Waals surface area contributed by atoms with Crippen LogP contribution in [0.3, 0.4) is 0 Å². The summed E-state index contributed by atoms with van der Waals surface area (Å²) < 4.78 is 14.9. The molecule has 2 aliphatic rings. The number of para-hydroxylation sites is 1. The minimum Gasteiger partial charge on any atom is -0.351 e. The molecule has 0 aliphatic carbocycles. The van der Waals surface area contributed by atoms with Crippen molar-refractivity contribution in [2.75, 3.05) is 42.5 Å². The zero-order valence-electron chi connectivity index (χ0n) is 19.4. The van der Waals surface area contributed by atoms with E-state index in [1.807, 2.05) is 35.2 Å². The van der Waals surface area contributed by atoms with Crippen LogP contribution in [0.2, 0.25) is 0 Å². The lowest BCUT2D eigenvalue weighted by Crippen LogP contribution is -2.51. The quantitative estimate of drug-likeness (QED) is 0.435. The van der Waals surface area contributed by atoms with Gasteiger partial charge in [-0.05, 0) is 36.4 Å². The van der Waals surface area contributed by atoms with Crippen LogP contribution in [0.25, 0.3) is 16.9 Å². The maximum Gasteiger partial charge on any atom is 0.228 e. The molecule has 2 aliphatic heterocycles. The van der Waals surface area contributed by atoms with Crippen LogP contribution in [-0.2, 0) is 9.59 Å². The molecule has 0 N–H and O–H groups in total. The van der Waals surface area contributed by atoms with E-state index < -0.39 is 5.92 Å². The van der Waals surface area contributed by atoms with Crippen molar-refractivity contribution in [3.8, 4) is 5.69 Å². The first-order valence-corrected chi connectivity index (χ1v) is 11.8. The lowest BCUT2D eigenvalue weighted by molar-refractivity contribution is -0.136. The number of carbonyl (C=O) groups is 2. The van der Waals surface area contributed by atoms with Crippen molar-refractivity contribution < 1.29 is 14.0 Å². The van der Waals surface area contributed by atoms with Gasteiger partial charge < -0.3 is 14.7 Å². The largest absolute Gasteiger partial charge is 0.351 e. The molecule has 0 radical (unpaired) electrons. The fourth-order valence-corrected chi connectivity index (χ4v) is 4.85. The van der Waals surface area contributed by atoms with Crippen molar-refractivity contribution in [3.05, 3.63) is 66.7 Å². The highest BCUT2D eigenvalue weighted by Crippen LogP contribution is 2.28. The number of rotatable bonds is 4. The Hall–Kier alpha value is -4.41. The summed E-state index contributed by atoms with van der Waals surface area (Å²) in [6, 6.07) is 15.4. The third-order valence-corrected chi connectivity index (χ3v) is 6.72. The molecule has 36 heavy (non-hydrogen) atoms. The summed E-state index contributed by atoms with van der Waals surface area (Å²) in [7, 11) is 0. The number of fused-ring (bicyclic) bond motifs is 1. The van der Waals surface area contributed by atoms with Gasteiger partial charge in [-0.25, -0.2) is 14.4 Å². The van der Waals surface area contributed by atoms with Crippen LogP contribution >= 0.6 is 0 Å². The zero-order chi connectivity index (χ0) is 24.6. The molecule has 0 saturated carbocycles. The summed E-state index contributed by atoms with van der Waals surface area (Å²) in [5.41, 5.74) is 2.70. The van der Waals surface area contributed by atoms with E-state index in [9.17, 15) is 14.0 Å². The number of nitrogens with zero attached hydrogens (tertiary/aromatic N) is 8. The first-order chi connectivity index (χ1) is 17.6. The summed E-state index contributed by atoms with van der Waals surface area (Å²) in [5.74, 6) is -0.239. The normalized spacial score (nSPS) is 18.3. The Balaban J connectivity index is 1.13. The third kappa shape index (κ3) is 3.92. The number of halogens is 1. The molecule has 4 aromatic rings. The first kappa shape index (κ1) is 22.1. The van der Waals surface area contributed by atoms with Crippen LogP contribution in [0.5, 0.6) is 0 Å². The summed E-state index contributed by atoms with van der Waals surface area (Å²) in [6.45, 7) is 2.49. The first-order valence-electron chi connectivity index (χ1n) is 11.8. The summed E-state index contributed by atoms with van der Waals surface area (Å²) in [6.07, 6.45) is 1.66. The second kappa shape index (κ2) is 8.99. The van der Waals surface area contributed by atoms with Gasteiger partial charge in [0.1, 0.15) is 12.1 Å². The van der Waals surface area contributed by atoms with E-state index in [0.29, 0.717) is 55.4 Å². The Morgan fingerprint density at radius 3 is 2.42 bits per heavy atom. The molecule has 182 valence electrons. The van der Waals surface area contributed by atoms with Gasteiger partial charge in [0.2, 0.25) is 11.8 Å². The van der Waals surface area contributed by atoms with E-state index in [-0.39, 0.29) is 24.1 Å².